The van der Waals surface area contributed by atoms with Crippen LogP contribution in [0, 0.1) is 6.92 Å². The fourth-order valence-electron chi connectivity index (χ4n) is 4.27. The minimum Gasteiger partial charge on any atom is -0.496 e. The van der Waals surface area contributed by atoms with E-state index < -0.39 is 16.8 Å². The van der Waals surface area contributed by atoms with Gasteiger partial charge in [0.2, 0.25) is 5.91 Å². The van der Waals surface area contributed by atoms with Crippen LogP contribution in [0.5, 0.6) is 5.75 Å². The van der Waals surface area contributed by atoms with E-state index in [-0.39, 0.29) is 11.7 Å². The minimum absolute atomic E-state index is 0.0785. The number of ether oxygens (including phenoxy) is 2. The summed E-state index contributed by atoms with van der Waals surface area (Å²) in [7, 11) is 2.98. The number of aryl methyl sites for hydroxylation is 1. The van der Waals surface area contributed by atoms with Crippen molar-refractivity contribution in [1.29, 1.82) is 0 Å². The molecule has 3 aromatic rings. The molecular weight excluding hydrogens is 422 g/mol. The molecule has 6 heteroatoms. The number of anilines is 1. The van der Waals surface area contributed by atoms with Crippen LogP contribution < -0.4 is 9.64 Å². The first-order chi connectivity index (χ1) is 15.5. The van der Waals surface area contributed by atoms with Crippen molar-refractivity contribution in [3.8, 4) is 5.75 Å². The van der Waals surface area contributed by atoms with Gasteiger partial charge in [0.1, 0.15) is 5.75 Å². The quantitative estimate of drug-likeness (QED) is 0.521. The van der Waals surface area contributed by atoms with Crippen molar-refractivity contribution in [3.05, 3.63) is 95.6 Å². The van der Waals surface area contributed by atoms with Crippen molar-refractivity contribution in [2.75, 3.05) is 24.9 Å². The van der Waals surface area contributed by atoms with E-state index in [1.165, 1.54) is 18.9 Å². The fourth-order valence-corrected chi connectivity index (χ4v) is 5.65. The molecule has 164 valence electrons. The Hall–Kier alpha value is -3.25. The van der Waals surface area contributed by atoms with Crippen molar-refractivity contribution in [3.63, 3.8) is 0 Å². The Morgan fingerprint density at radius 2 is 1.62 bits per heavy atom. The van der Waals surface area contributed by atoms with E-state index in [1.54, 1.807) is 12.0 Å². The summed E-state index contributed by atoms with van der Waals surface area (Å²) >= 11 is 1.31. The lowest BCUT2D eigenvalue weighted by atomic mass is 9.83. The summed E-state index contributed by atoms with van der Waals surface area (Å²) in [6.07, 6.45) is 0. The molecule has 0 aliphatic carbocycles. The molecule has 0 bridgehead atoms. The number of para-hydroxylation sites is 1. The first kappa shape index (κ1) is 22.0. The molecule has 0 aromatic heterocycles. The molecule has 1 heterocycles. The van der Waals surface area contributed by atoms with E-state index in [4.69, 9.17) is 9.47 Å². The molecule has 5 nitrogen and oxygen atoms in total. The summed E-state index contributed by atoms with van der Waals surface area (Å²) in [5.74, 6) is 0.261. The molecule has 0 N–H and O–H groups in total. The summed E-state index contributed by atoms with van der Waals surface area (Å²) in [6, 6.07) is 24.1. The van der Waals surface area contributed by atoms with Gasteiger partial charge >= 0.3 is 5.97 Å². The van der Waals surface area contributed by atoms with Crippen LogP contribution in [0.15, 0.2) is 78.9 Å². The number of methoxy groups -OCH3 is 2. The van der Waals surface area contributed by atoms with Gasteiger partial charge in [0.25, 0.3) is 0 Å². The molecule has 4 rings (SSSR count). The lowest BCUT2D eigenvalue weighted by Gasteiger charge is -2.48. The van der Waals surface area contributed by atoms with Crippen LogP contribution in [0.2, 0.25) is 0 Å². The SMILES string of the molecule is COC(=O)[C@@]1(c2ccccc2)SCC(=O)N(c2ccc(C)cc2)[C@@H]1c1ccccc1OC. The monoisotopic (exact) mass is 447 g/mol. The summed E-state index contributed by atoms with van der Waals surface area (Å²) in [4.78, 5) is 28.7. The lowest BCUT2D eigenvalue weighted by molar-refractivity contribution is -0.144. The van der Waals surface area contributed by atoms with Crippen molar-refractivity contribution in [2.45, 2.75) is 17.7 Å². The first-order valence-electron chi connectivity index (χ1n) is 10.3. The minimum atomic E-state index is -1.18. The Bertz CT molecular complexity index is 1120. The van der Waals surface area contributed by atoms with Crippen LogP contribution in [0.25, 0.3) is 0 Å². The zero-order chi connectivity index (χ0) is 22.7. The van der Waals surface area contributed by atoms with Gasteiger partial charge in [-0.3, -0.25) is 9.59 Å². The third kappa shape index (κ3) is 3.65. The van der Waals surface area contributed by atoms with Crippen LogP contribution in [-0.4, -0.2) is 31.8 Å². The molecule has 1 amide bonds. The van der Waals surface area contributed by atoms with E-state index in [0.29, 0.717) is 5.75 Å². The number of esters is 1. The third-order valence-electron chi connectivity index (χ3n) is 5.77. The van der Waals surface area contributed by atoms with Crippen LogP contribution in [0.3, 0.4) is 0 Å². The Labute approximate surface area is 192 Å². The second-order valence-electron chi connectivity index (χ2n) is 7.63. The molecule has 0 saturated carbocycles. The average molecular weight is 448 g/mol. The summed E-state index contributed by atoms with van der Waals surface area (Å²) in [5.41, 5.74) is 3.33. The van der Waals surface area contributed by atoms with Crippen LogP contribution in [0.4, 0.5) is 5.69 Å². The van der Waals surface area contributed by atoms with Crippen molar-refractivity contribution in [1.82, 2.24) is 0 Å². The summed E-state index contributed by atoms with van der Waals surface area (Å²) in [5, 5.41) is 0. The third-order valence-corrected chi connectivity index (χ3v) is 7.24. The molecular formula is C26H25NO4S. The zero-order valence-corrected chi connectivity index (χ0v) is 19.1. The van der Waals surface area contributed by atoms with Gasteiger partial charge in [0, 0.05) is 11.3 Å². The second-order valence-corrected chi connectivity index (χ2v) is 8.85. The highest BCUT2D eigenvalue weighted by atomic mass is 32.2. The van der Waals surface area contributed by atoms with Crippen LogP contribution in [-0.2, 0) is 19.1 Å². The van der Waals surface area contributed by atoms with E-state index >= 15 is 0 Å². The molecule has 1 aliphatic rings. The molecule has 1 aliphatic heterocycles. The number of rotatable bonds is 5. The predicted octanol–water partition coefficient (Wildman–Crippen LogP) is 4.89. The van der Waals surface area contributed by atoms with Gasteiger partial charge in [-0.05, 0) is 30.7 Å². The molecule has 1 fully saturated rings. The zero-order valence-electron chi connectivity index (χ0n) is 18.3. The van der Waals surface area contributed by atoms with Gasteiger partial charge in [-0.2, -0.15) is 0 Å². The Morgan fingerprint density at radius 3 is 2.28 bits per heavy atom. The maximum absolute atomic E-state index is 13.6. The topological polar surface area (TPSA) is 55.8 Å². The number of thioether (sulfide) groups is 1. The molecule has 3 aromatic carbocycles. The fraction of sp³-hybridized carbons (Fsp3) is 0.231. The number of nitrogens with zero attached hydrogens (tertiary/aromatic N) is 1. The highest BCUT2D eigenvalue weighted by Gasteiger charge is 2.57. The van der Waals surface area contributed by atoms with Crippen LogP contribution >= 0.6 is 11.8 Å². The standard InChI is InChI=1S/C26H25NO4S/c1-18-13-15-20(16-14-18)27-23(28)17-32-26(25(29)31-3,19-9-5-4-6-10-19)24(27)21-11-7-8-12-22(21)30-2/h4-16,24H,17H2,1-3H3/t24-,26+/m1/s1. The Morgan fingerprint density at radius 1 is 0.969 bits per heavy atom. The van der Waals surface area contributed by atoms with E-state index in [1.807, 2.05) is 85.8 Å². The molecule has 0 radical (unpaired) electrons. The van der Waals surface area contributed by atoms with Gasteiger partial charge < -0.3 is 14.4 Å². The number of hydrogen-bond donors (Lipinski definition) is 0. The predicted molar refractivity (Wildman–Crippen MR) is 127 cm³/mol. The summed E-state index contributed by atoms with van der Waals surface area (Å²) in [6.45, 7) is 2.00. The molecule has 2 atom stereocenters. The molecule has 1 saturated heterocycles. The van der Waals surface area contributed by atoms with Gasteiger partial charge in [-0.15, -0.1) is 11.8 Å². The van der Waals surface area contributed by atoms with Crippen molar-refractivity contribution < 1.29 is 19.1 Å². The van der Waals surface area contributed by atoms with Gasteiger partial charge in [0.15, 0.2) is 4.75 Å². The van der Waals surface area contributed by atoms with E-state index in [9.17, 15) is 9.59 Å². The van der Waals surface area contributed by atoms with E-state index in [2.05, 4.69) is 0 Å². The van der Waals surface area contributed by atoms with Crippen LogP contribution in [0.1, 0.15) is 22.7 Å². The van der Waals surface area contributed by atoms with E-state index in [0.717, 1.165) is 22.4 Å². The highest BCUT2D eigenvalue weighted by molar-refractivity contribution is 8.01. The number of hydrogen-bond acceptors (Lipinski definition) is 5. The summed E-state index contributed by atoms with van der Waals surface area (Å²) < 4.78 is 9.88. The second kappa shape index (κ2) is 9.09. The smallest absolute Gasteiger partial charge is 0.329 e. The molecule has 0 unspecified atom stereocenters. The first-order valence-corrected chi connectivity index (χ1v) is 11.3. The number of carbonyl (C=O) groups is 2. The maximum Gasteiger partial charge on any atom is 0.329 e. The normalized spacial score (nSPS) is 20.7. The largest absolute Gasteiger partial charge is 0.496 e. The molecule has 32 heavy (non-hydrogen) atoms. The van der Waals surface area contributed by atoms with Gasteiger partial charge in [-0.1, -0.05) is 66.2 Å². The van der Waals surface area contributed by atoms with Crippen molar-refractivity contribution >= 4 is 29.3 Å². The highest BCUT2D eigenvalue weighted by Crippen LogP contribution is 2.55. The molecule has 0 spiro atoms. The Kier molecular flexibility index (Phi) is 6.24. The average Bonchev–Trinajstić information content (AvgIpc) is 2.84. The maximum atomic E-state index is 13.6. The van der Waals surface area contributed by atoms with Gasteiger partial charge in [0.05, 0.1) is 26.0 Å². The van der Waals surface area contributed by atoms with Crippen molar-refractivity contribution in [2.24, 2.45) is 0 Å². The Balaban J connectivity index is 2.04. The number of amides is 1. The number of benzene rings is 3. The lowest BCUT2D eigenvalue weighted by Crippen LogP contribution is -2.55. The number of carbonyl (C=O) groups excluding carboxylic acids is 2. The van der Waals surface area contributed by atoms with Gasteiger partial charge in [-0.25, -0.2) is 0 Å².